The number of Topliss-reactive ketones (excluding diaryl/α,β-unsaturated/α-hetero) is 1. The van der Waals surface area contributed by atoms with Crippen molar-refractivity contribution in [1.29, 1.82) is 0 Å². The molecule has 0 radical (unpaired) electrons. The predicted molar refractivity (Wildman–Crippen MR) is 91.8 cm³/mol. The summed E-state index contributed by atoms with van der Waals surface area (Å²) in [5.41, 5.74) is 1.16. The molecule has 1 atom stereocenters. The van der Waals surface area contributed by atoms with Crippen molar-refractivity contribution >= 4 is 23.3 Å². The van der Waals surface area contributed by atoms with Gasteiger partial charge in [0.1, 0.15) is 5.92 Å². The van der Waals surface area contributed by atoms with Crippen LogP contribution in [0.3, 0.4) is 0 Å². The quantitative estimate of drug-likeness (QED) is 0.491. The maximum atomic E-state index is 12.7. The summed E-state index contributed by atoms with van der Waals surface area (Å²) in [7, 11) is 0. The third kappa shape index (κ3) is 4.66. The summed E-state index contributed by atoms with van der Waals surface area (Å²) in [5, 5.41) is 2.79. The molecule has 5 nitrogen and oxygen atoms in total. The average Bonchev–Trinajstić information content (AvgIpc) is 2.56. The summed E-state index contributed by atoms with van der Waals surface area (Å²) < 4.78 is 5.12. The van der Waals surface area contributed by atoms with Gasteiger partial charge in [-0.25, -0.2) is 0 Å². The van der Waals surface area contributed by atoms with E-state index in [2.05, 4.69) is 5.32 Å². The SMILES string of the molecule is CCOC(=O)C(C(=O)Nc1ccc(C(C)=O)cc1)C1CCCCC1. The number of ketones is 1. The second kappa shape index (κ2) is 8.62. The summed E-state index contributed by atoms with van der Waals surface area (Å²) >= 11 is 0. The molecule has 0 bridgehead atoms. The van der Waals surface area contributed by atoms with E-state index < -0.39 is 11.9 Å². The summed E-state index contributed by atoms with van der Waals surface area (Å²) in [6, 6.07) is 6.69. The fraction of sp³-hybridized carbons (Fsp3) is 0.526. The number of carbonyl (C=O) groups excluding carboxylic acids is 3. The molecule has 0 saturated heterocycles. The Morgan fingerprint density at radius 2 is 1.75 bits per heavy atom. The fourth-order valence-corrected chi connectivity index (χ4v) is 3.22. The highest BCUT2D eigenvalue weighted by molar-refractivity contribution is 6.05. The first-order valence-electron chi connectivity index (χ1n) is 8.61. The molecule has 1 aromatic rings. The van der Waals surface area contributed by atoms with Crippen LogP contribution >= 0.6 is 0 Å². The van der Waals surface area contributed by atoms with Crippen LogP contribution in [0.25, 0.3) is 0 Å². The Morgan fingerprint density at radius 1 is 1.12 bits per heavy atom. The van der Waals surface area contributed by atoms with Gasteiger partial charge in [-0.15, -0.1) is 0 Å². The van der Waals surface area contributed by atoms with Gasteiger partial charge in [-0.1, -0.05) is 19.3 Å². The van der Waals surface area contributed by atoms with E-state index in [0.29, 0.717) is 11.3 Å². The van der Waals surface area contributed by atoms with Gasteiger partial charge in [-0.2, -0.15) is 0 Å². The molecule has 1 N–H and O–H groups in total. The van der Waals surface area contributed by atoms with E-state index in [1.54, 1.807) is 31.2 Å². The number of carbonyl (C=O) groups is 3. The molecule has 1 fully saturated rings. The lowest BCUT2D eigenvalue weighted by atomic mass is 9.79. The highest BCUT2D eigenvalue weighted by Crippen LogP contribution is 2.31. The zero-order valence-electron chi connectivity index (χ0n) is 14.3. The first-order valence-corrected chi connectivity index (χ1v) is 8.61. The molecule has 1 aliphatic carbocycles. The van der Waals surface area contributed by atoms with Gasteiger partial charge in [0.2, 0.25) is 5.91 Å². The number of rotatable bonds is 6. The van der Waals surface area contributed by atoms with Crippen molar-refractivity contribution in [3.63, 3.8) is 0 Å². The Hall–Kier alpha value is -2.17. The van der Waals surface area contributed by atoms with Crippen LogP contribution in [0.2, 0.25) is 0 Å². The molecule has 130 valence electrons. The largest absolute Gasteiger partial charge is 0.465 e. The molecule has 1 aliphatic rings. The number of amides is 1. The third-order valence-corrected chi connectivity index (χ3v) is 4.50. The van der Waals surface area contributed by atoms with Gasteiger partial charge in [-0.3, -0.25) is 14.4 Å². The van der Waals surface area contributed by atoms with E-state index in [-0.39, 0.29) is 24.2 Å². The van der Waals surface area contributed by atoms with Crippen molar-refractivity contribution in [3.8, 4) is 0 Å². The molecule has 1 aromatic carbocycles. The molecular weight excluding hydrogens is 306 g/mol. The van der Waals surface area contributed by atoms with Crippen molar-refractivity contribution in [2.45, 2.75) is 46.0 Å². The van der Waals surface area contributed by atoms with Gasteiger partial charge >= 0.3 is 5.97 Å². The molecule has 2 rings (SSSR count). The van der Waals surface area contributed by atoms with E-state index in [4.69, 9.17) is 4.74 Å². The van der Waals surface area contributed by atoms with Crippen molar-refractivity contribution in [1.82, 2.24) is 0 Å². The smallest absolute Gasteiger partial charge is 0.318 e. The van der Waals surface area contributed by atoms with Crippen molar-refractivity contribution in [2.75, 3.05) is 11.9 Å². The lowest BCUT2D eigenvalue weighted by Gasteiger charge is -2.27. The average molecular weight is 331 g/mol. The molecule has 5 heteroatoms. The van der Waals surface area contributed by atoms with Crippen molar-refractivity contribution in [3.05, 3.63) is 29.8 Å². The normalized spacial score (nSPS) is 16.2. The minimum absolute atomic E-state index is 0.0283. The Morgan fingerprint density at radius 3 is 2.29 bits per heavy atom. The van der Waals surface area contributed by atoms with Gasteiger partial charge in [-0.05, 0) is 56.9 Å². The Balaban J connectivity index is 2.11. The van der Waals surface area contributed by atoms with Crippen molar-refractivity contribution < 1.29 is 19.1 Å². The molecule has 1 unspecified atom stereocenters. The molecule has 24 heavy (non-hydrogen) atoms. The lowest BCUT2D eigenvalue weighted by Crippen LogP contribution is -2.37. The number of hydrogen-bond donors (Lipinski definition) is 1. The van der Waals surface area contributed by atoms with Crippen LogP contribution in [0.15, 0.2) is 24.3 Å². The molecule has 0 spiro atoms. The highest BCUT2D eigenvalue weighted by atomic mass is 16.5. The van der Waals surface area contributed by atoms with E-state index in [1.165, 1.54) is 6.92 Å². The van der Waals surface area contributed by atoms with Gasteiger partial charge in [0.25, 0.3) is 0 Å². The first kappa shape index (κ1) is 18.2. The van der Waals surface area contributed by atoms with E-state index in [0.717, 1.165) is 32.1 Å². The Labute approximate surface area is 142 Å². The van der Waals surface area contributed by atoms with Gasteiger partial charge < -0.3 is 10.1 Å². The third-order valence-electron chi connectivity index (χ3n) is 4.50. The van der Waals surface area contributed by atoms with E-state index in [9.17, 15) is 14.4 Å². The molecular formula is C19H25NO4. The summed E-state index contributed by atoms with van der Waals surface area (Å²) in [5.74, 6) is -1.52. The Bertz CT molecular complexity index is 588. The van der Waals surface area contributed by atoms with E-state index in [1.807, 2.05) is 0 Å². The van der Waals surface area contributed by atoms with Gasteiger partial charge in [0.15, 0.2) is 5.78 Å². The maximum absolute atomic E-state index is 12.7. The van der Waals surface area contributed by atoms with Gasteiger partial charge in [0, 0.05) is 11.3 Å². The second-order valence-corrected chi connectivity index (χ2v) is 6.25. The number of esters is 1. The standard InChI is InChI=1S/C19H25NO4/c1-3-24-19(23)17(15-7-5-4-6-8-15)18(22)20-16-11-9-14(10-12-16)13(2)21/h9-12,15,17H,3-8H2,1-2H3,(H,20,22). The number of benzene rings is 1. The van der Waals surface area contributed by atoms with Crippen LogP contribution in [-0.2, 0) is 14.3 Å². The maximum Gasteiger partial charge on any atom is 0.318 e. The van der Waals surface area contributed by atoms with Gasteiger partial charge in [0.05, 0.1) is 6.61 Å². The van der Waals surface area contributed by atoms with Crippen molar-refractivity contribution in [2.24, 2.45) is 11.8 Å². The van der Waals surface area contributed by atoms with Crippen LogP contribution < -0.4 is 5.32 Å². The number of nitrogens with one attached hydrogen (secondary N) is 1. The topological polar surface area (TPSA) is 72.5 Å². The second-order valence-electron chi connectivity index (χ2n) is 6.25. The summed E-state index contributed by atoms with van der Waals surface area (Å²) in [6.45, 7) is 3.50. The monoisotopic (exact) mass is 331 g/mol. The zero-order chi connectivity index (χ0) is 17.5. The summed E-state index contributed by atoms with van der Waals surface area (Å²) in [4.78, 5) is 36.3. The lowest BCUT2D eigenvalue weighted by molar-refractivity contribution is -0.153. The highest BCUT2D eigenvalue weighted by Gasteiger charge is 2.36. The zero-order valence-corrected chi connectivity index (χ0v) is 14.3. The molecule has 1 amide bonds. The van der Waals surface area contributed by atoms with Crippen LogP contribution in [0.4, 0.5) is 5.69 Å². The van der Waals surface area contributed by atoms with Crippen LogP contribution in [0.1, 0.15) is 56.3 Å². The predicted octanol–water partition coefficient (Wildman–Crippen LogP) is 3.59. The fourth-order valence-electron chi connectivity index (χ4n) is 3.22. The van der Waals surface area contributed by atoms with Crippen LogP contribution in [0.5, 0.6) is 0 Å². The van der Waals surface area contributed by atoms with Crippen LogP contribution in [-0.4, -0.2) is 24.3 Å². The summed E-state index contributed by atoms with van der Waals surface area (Å²) in [6.07, 6.45) is 4.99. The molecule has 0 aromatic heterocycles. The molecule has 0 heterocycles. The van der Waals surface area contributed by atoms with Crippen LogP contribution in [0, 0.1) is 11.8 Å². The molecule has 1 saturated carbocycles. The number of ether oxygens (including phenoxy) is 1. The Kier molecular flexibility index (Phi) is 6.53. The number of hydrogen-bond acceptors (Lipinski definition) is 4. The van der Waals surface area contributed by atoms with E-state index >= 15 is 0 Å². The molecule has 0 aliphatic heterocycles. The first-order chi connectivity index (χ1) is 11.5. The number of anilines is 1. The minimum Gasteiger partial charge on any atom is -0.465 e. The minimum atomic E-state index is -0.766.